The van der Waals surface area contributed by atoms with Crippen molar-refractivity contribution in [1.82, 2.24) is 0 Å². The third-order valence-electron chi connectivity index (χ3n) is 6.12. The molecule has 6 heteroatoms. The molecule has 2 unspecified atom stereocenters. The lowest BCUT2D eigenvalue weighted by atomic mass is 9.81. The molecule has 0 aromatic heterocycles. The molecule has 4 atom stereocenters. The first-order valence-electron chi connectivity index (χ1n) is 10.8. The number of aliphatic hydroxyl groups is 1. The molecule has 0 amide bonds. The van der Waals surface area contributed by atoms with E-state index < -0.39 is 17.2 Å². The molecule has 0 radical (unpaired) electrons. The van der Waals surface area contributed by atoms with E-state index in [9.17, 15) is 14.7 Å². The Hall–Kier alpha value is -1.66. The average Bonchev–Trinajstić information content (AvgIpc) is 2.80. The van der Waals surface area contributed by atoms with Crippen molar-refractivity contribution in [2.45, 2.75) is 97.4 Å². The molecule has 0 bridgehead atoms. The standard InChI is InChI=1S/C24H40O6/c1-17(2)12-14-23(5,27)18(3)9-8-13-24(6)21(30-19(4)25)11-10-20(16-29-24)15-22(26)28-7/h12,15,18,21,27H,8-11,13-14,16H2,1-7H3/b20-15+/t18?,21-,23?,24+/m1/s1. The lowest BCUT2D eigenvalue weighted by Crippen LogP contribution is -2.44. The van der Waals surface area contributed by atoms with Gasteiger partial charge in [0.25, 0.3) is 0 Å². The van der Waals surface area contributed by atoms with Crippen molar-refractivity contribution in [3.05, 3.63) is 23.3 Å². The summed E-state index contributed by atoms with van der Waals surface area (Å²) in [5.41, 5.74) is 0.611. The fraction of sp³-hybridized carbons (Fsp3) is 0.750. The summed E-state index contributed by atoms with van der Waals surface area (Å²) in [7, 11) is 1.34. The number of esters is 2. The van der Waals surface area contributed by atoms with Crippen molar-refractivity contribution in [1.29, 1.82) is 0 Å². The molecule has 1 aliphatic rings. The molecule has 1 rings (SSSR count). The largest absolute Gasteiger partial charge is 0.466 e. The summed E-state index contributed by atoms with van der Waals surface area (Å²) in [6.45, 7) is 11.7. The molecule has 1 fully saturated rings. The molecule has 0 aliphatic carbocycles. The van der Waals surface area contributed by atoms with Gasteiger partial charge in [-0.3, -0.25) is 4.79 Å². The summed E-state index contributed by atoms with van der Waals surface area (Å²) < 4.78 is 16.5. The van der Waals surface area contributed by atoms with Crippen molar-refractivity contribution in [2.75, 3.05) is 13.7 Å². The van der Waals surface area contributed by atoms with Crippen LogP contribution in [0.25, 0.3) is 0 Å². The van der Waals surface area contributed by atoms with Crippen LogP contribution in [0, 0.1) is 5.92 Å². The monoisotopic (exact) mass is 424 g/mol. The molecule has 30 heavy (non-hydrogen) atoms. The highest BCUT2D eigenvalue weighted by atomic mass is 16.6. The van der Waals surface area contributed by atoms with Crippen molar-refractivity contribution in [2.24, 2.45) is 5.92 Å². The van der Waals surface area contributed by atoms with E-state index in [0.29, 0.717) is 32.3 Å². The van der Waals surface area contributed by atoms with Crippen molar-refractivity contribution in [3.8, 4) is 0 Å². The minimum absolute atomic E-state index is 0.115. The van der Waals surface area contributed by atoms with E-state index >= 15 is 0 Å². The Morgan fingerprint density at radius 1 is 1.37 bits per heavy atom. The molecule has 6 nitrogen and oxygen atoms in total. The predicted molar refractivity (Wildman–Crippen MR) is 117 cm³/mol. The van der Waals surface area contributed by atoms with Gasteiger partial charge in [0.1, 0.15) is 11.7 Å². The number of allylic oxidation sites excluding steroid dienone is 1. The Labute approximate surface area is 181 Å². The maximum Gasteiger partial charge on any atom is 0.330 e. The second-order valence-electron chi connectivity index (χ2n) is 9.20. The third-order valence-corrected chi connectivity index (χ3v) is 6.12. The van der Waals surface area contributed by atoms with E-state index in [4.69, 9.17) is 14.2 Å². The first-order valence-corrected chi connectivity index (χ1v) is 10.8. The van der Waals surface area contributed by atoms with Gasteiger partial charge in [0.05, 0.1) is 19.3 Å². The minimum atomic E-state index is -0.770. The topological polar surface area (TPSA) is 82.1 Å². The summed E-state index contributed by atoms with van der Waals surface area (Å²) in [5.74, 6) is -0.633. The van der Waals surface area contributed by atoms with Crippen molar-refractivity contribution in [3.63, 3.8) is 0 Å². The van der Waals surface area contributed by atoms with E-state index in [-0.39, 0.29) is 18.0 Å². The van der Waals surface area contributed by atoms with Crippen LogP contribution in [0.2, 0.25) is 0 Å². The molecule has 1 N–H and O–H groups in total. The molecule has 172 valence electrons. The van der Waals surface area contributed by atoms with E-state index in [2.05, 4.69) is 13.0 Å². The minimum Gasteiger partial charge on any atom is -0.466 e. The Balaban J connectivity index is 2.81. The van der Waals surface area contributed by atoms with Gasteiger partial charge in [0.15, 0.2) is 0 Å². The maximum absolute atomic E-state index is 11.7. The highest BCUT2D eigenvalue weighted by molar-refractivity contribution is 5.82. The first-order chi connectivity index (χ1) is 13.9. The highest BCUT2D eigenvalue weighted by Gasteiger charge is 2.40. The zero-order valence-electron chi connectivity index (χ0n) is 19.7. The SMILES string of the molecule is COC(=O)/C=C1\CC[C@@H](OC(C)=O)[C@](C)(CCCC(C)C(C)(O)CC=C(C)C)OC1. The van der Waals surface area contributed by atoms with E-state index in [1.54, 1.807) is 0 Å². The van der Waals surface area contributed by atoms with Crippen LogP contribution < -0.4 is 0 Å². The number of hydrogen-bond donors (Lipinski definition) is 1. The Bertz CT molecular complexity index is 644. The van der Waals surface area contributed by atoms with Crippen LogP contribution in [0.4, 0.5) is 0 Å². The van der Waals surface area contributed by atoms with Crippen LogP contribution in [0.3, 0.4) is 0 Å². The Kier molecular flexibility index (Phi) is 10.2. The second kappa shape index (κ2) is 11.7. The van der Waals surface area contributed by atoms with Crippen LogP contribution in [0.1, 0.15) is 80.1 Å². The Morgan fingerprint density at radius 2 is 2.03 bits per heavy atom. The van der Waals surface area contributed by atoms with E-state index in [0.717, 1.165) is 18.4 Å². The van der Waals surface area contributed by atoms with Crippen LogP contribution in [-0.4, -0.2) is 48.1 Å². The molecule has 0 spiro atoms. The highest BCUT2D eigenvalue weighted by Crippen LogP contribution is 2.35. The maximum atomic E-state index is 11.7. The van der Waals surface area contributed by atoms with E-state index in [1.807, 2.05) is 27.7 Å². The summed E-state index contributed by atoms with van der Waals surface area (Å²) in [6, 6.07) is 0. The number of methoxy groups -OCH3 is 1. The van der Waals surface area contributed by atoms with Crippen molar-refractivity contribution >= 4 is 11.9 Å². The number of rotatable bonds is 9. The van der Waals surface area contributed by atoms with Gasteiger partial charge in [0, 0.05) is 13.0 Å². The molecule has 0 aromatic rings. The van der Waals surface area contributed by atoms with Crippen LogP contribution in [-0.2, 0) is 23.8 Å². The fourth-order valence-electron chi connectivity index (χ4n) is 3.68. The van der Waals surface area contributed by atoms with Gasteiger partial charge >= 0.3 is 11.9 Å². The zero-order chi connectivity index (χ0) is 22.9. The molecule has 0 saturated carbocycles. The first kappa shape index (κ1) is 26.4. The third kappa shape index (κ3) is 8.60. The van der Waals surface area contributed by atoms with Crippen LogP contribution >= 0.6 is 0 Å². The average molecular weight is 425 g/mol. The molecular weight excluding hydrogens is 384 g/mol. The van der Waals surface area contributed by atoms with Crippen molar-refractivity contribution < 1.29 is 28.9 Å². The number of carbonyl (C=O) groups excluding carboxylic acids is 2. The lowest BCUT2D eigenvalue weighted by Gasteiger charge is -2.36. The van der Waals surface area contributed by atoms with Gasteiger partial charge < -0.3 is 19.3 Å². The van der Waals surface area contributed by atoms with Crippen LogP contribution in [0.15, 0.2) is 23.3 Å². The van der Waals surface area contributed by atoms with Gasteiger partial charge in [-0.25, -0.2) is 4.79 Å². The smallest absolute Gasteiger partial charge is 0.330 e. The lowest BCUT2D eigenvalue weighted by molar-refractivity contribution is -0.168. The summed E-state index contributed by atoms with van der Waals surface area (Å²) in [4.78, 5) is 23.2. The normalized spacial score (nSPS) is 26.3. The molecule has 0 aromatic carbocycles. The zero-order valence-corrected chi connectivity index (χ0v) is 19.7. The fourth-order valence-corrected chi connectivity index (χ4v) is 3.68. The van der Waals surface area contributed by atoms with Gasteiger partial charge in [-0.05, 0) is 71.3 Å². The van der Waals surface area contributed by atoms with Gasteiger partial charge in [-0.15, -0.1) is 0 Å². The van der Waals surface area contributed by atoms with Gasteiger partial charge in [-0.1, -0.05) is 25.0 Å². The van der Waals surface area contributed by atoms with Gasteiger partial charge in [-0.2, -0.15) is 0 Å². The van der Waals surface area contributed by atoms with Gasteiger partial charge in [0.2, 0.25) is 0 Å². The van der Waals surface area contributed by atoms with E-state index in [1.165, 1.54) is 25.7 Å². The Morgan fingerprint density at radius 3 is 2.60 bits per heavy atom. The number of ether oxygens (including phenoxy) is 3. The quantitative estimate of drug-likeness (QED) is 0.333. The predicted octanol–water partition coefficient (Wildman–Crippen LogP) is 4.50. The summed E-state index contributed by atoms with van der Waals surface area (Å²) in [6.07, 6.45) is 7.32. The second-order valence-corrected chi connectivity index (χ2v) is 9.20. The molecule has 1 heterocycles. The number of hydrogen-bond acceptors (Lipinski definition) is 6. The molecule has 1 saturated heterocycles. The van der Waals surface area contributed by atoms with Crippen LogP contribution in [0.5, 0.6) is 0 Å². The molecular formula is C24H40O6. The number of carbonyl (C=O) groups is 2. The summed E-state index contributed by atoms with van der Waals surface area (Å²) in [5, 5.41) is 10.8. The summed E-state index contributed by atoms with van der Waals surface area (Å²) >= 11 is 0. The molecule has 1 aliphatic heterocycles.